The number of aromatic nitrogens is 1. The number of hydrazone groups is 1. The molecule has 0 fully saturated rings. The number of carbonyl (C=O) groups is 1. The summed E-state index contributed by atoms with van der Waals surface area (Å²) < 4.78 is 0. The number of phenolic OH excluding ortho intramolecular Hbond substituents is 3. The highest BCUT2D eigenvalue weighted by molar-refractivity contribution is 6.00. The van der Waals surface area contributed by atoms with Gasteiger partial charge in [0.2, 0.25) is 0 Å². The van der Waals surface area contributed by atoms with Crippen molar-refractivity contribution in [3.8, 4) is 17.2 Å². The standard InChI is InChI=1S/C14H13N3O4/c1-8(9-3-2-4-15-7-9)16-17-14(21)10-5-11(18)13(20)12(19)6-10/h2-7,18-20H,1H3,(H,17,21)/b16-8+. The fraction of sp³-hybridized carbons (Fsp3) is 0.0714. The van der Waals surface area contributed by atoms with E-state index in [0.29, 0.717) is 5.71 Å². The summed E-state index contributed by atoms with van der Waals surface area (Å²) in [5, 5.41) is 31.8. The number of carbonyl (C=O) groups excluding carboxylic acids is 1. The monoisotopic (exact) mass is 287 g/mol. The topological polar surface area (TPSA) is 115 Å². The fourth-order valence-corrected chi connectivity index (χ4v) is 1.58. The maximum atomic E-state index is 11.9. The van der Waals surface area contributed by atoms with E-state index in [2.05, 4.69) is 15.5 Å². The highest BCUT2D eigenvalue weighted by Crippen LogP contribution is 2.35. The fourth-order valence-electron chi connectivity index (χ4n) is 1.58. The molecule has 0 saturated carbocycles. The molecule has 0 radical (unpaired) electrons. The highest BCUT2D eigenvalue weighted by Gasteiger charge is 2.13. The van der Waals surface area contributed by atoms with Crippen molar-refractivity contribution in [2.45, 2.75) is 6.92 Å². The molecule has 2 aromatic rings. The lowest BCUT2D eigenvalue weighted by Crippen LogP contribution is -2.19. The first-order valence-electron chi connectivity index (χ1n) is 5.99. The first-order valence-corrected chi connectivity index (χ1v) is 5.99. The van der Waals surface area contributed by atoms with Crippen molar-refractivity contribution in [1.29, 1.82) is 0 Å². The van der Waals surface area contributed by atoms with Crippen LogP contribution < -0.4 is 5.43 Å². The van der Waals surface area contributed by atoms with E-state index >= 15 is 0 Å². The molecule has 2 rings (SSSR count). The van der Waals surface area contributed by atoms with Crippen LogP contribution in [0, 0.1) is 0 Å². The molecule has 21 heavy (non-hydrogen) atoms. The molecule has 0 unspecified atom stereocenters. The third-order valence-electron chi connectivity index (χ3n) is 2.74. The zero-order chi connectivity index (χ0) is 15.4. The number of nitrogens with one attached hydrogen (secondary N) is 1. The number of benzene rings is 1. The normalized spacial score (nSPS) is 11.2. The predicted molar refractivity (Wildman–Crippen MR) is 75.4 cm³/mol. The lowest BCUT2D eigenvalue weighted by Gasteiger charge is -2.05. The highest BCUT2D eigenvalue weighted by atomic mass is 16.3. The summed E-state index contributed by atoms with van der Waals surface area (Å²) in [4.78, 5) is 15.8. The zero-order valence-corrected chi connectivity index (χ0v) is 11.1. The maximum absolute atomic E-state index is 11.9. The van der Waals surface area contributed by atoms with Gasteiger partial charge in [-0.15, -0.1) is 0 Å². The van der Waals surface area contributed by atoms with Crippen molar-refractivity contribution in [3.63, 3.8) is 0 Å². The molecule has 7 heteroatoms. The average Bonchev–Trinajstić information content (AvgIpc) is 2.50. The second-order valence-corrected chi connectivity index (χ2v) is 4.24. The second-order valence-electron chi connectivity index (χ2n) is 4.24. The van der Waals surface area contributed by atoms with Crippen LogP contribution in [0.1, 0.15) is 22.8 Å². The summed E-state index contributed by atoms with van der Waals surface area (Å²) in [6, 6.07) is 5.58. The van der Waals surface area contributed by atoms with E-state index in [-0.39, 0.29) is 5.56 Å². The van der Waals surface area contributed by atoms with Crippen LogP contribution in [0.15, 0.2) is 41.8 Å². The number of pyridine rings is 1. The summed E-state index contributed by atoms with van der Waals surface area (Å²) in [6.07, 6.45) is 3.22. The lowest BCUT2D eigenvalue weighted by atomic mass is 10.2. The molecule has 4 N–H and O–H groups in total. The van der Waals surface area contributed by atoms with Crippen molar-refractivity contribution in [1.82, 2.24) is 10.4 Å². The molecular formula is C14H13N3O4. The lowest BCUT2D eigenvalue weighted by molar-refractivity contribution is 0.0954. The molecule has 0 aliphatic heterocycles. The molecule has 7 nitrogen and oxygen atoms in total. The minimum atomic E-state index is -0.679. The molecule has 0 saturated heterocycles. The van der Waals surface area contributed by atoms with Crippen LogP contribution in [0.2, 0.25) is 0 Å². The predicted octanol–water partition coefficient (Wildman–Crippen LogP) is 1.35. The van der Waals surface area contributed by atoms with Gasteiger partial charge in [0, 0.05) is 23.5 Å². The summed E-state index contributed by atoms with van der Waals surface area (Å²) >= 11 is 0. The van der Waals surface area contributed by atoms with Crippen LogP contribution in [0.3, 0.4) is 0 Å². The Morgan fingerprint density at radius 3 is 2.43 bits per heavy atom. The number of aromatic hydroxyl groups is 3. The number of nitrogens with zero attached hydrogens (tertiary/aromatic N) is 2. The number of phenols is 3. The van der Waals surface area contributed by atoms with Crippen molar-refractivity contribution >= 4 is 11.6 Å². The third-order valence-corrected chi connectivity index (χ3v) is 2.74. The Morgan fingerprint density at radius 1 is 1.19 bits per heavy atom. The number of hydrogen-bond acceptors (Lipinski definition) is 6. The molecule has 1 aromatic heterocycles. The molecule has 0 spiro atoms. The maximum Gasteiger partial charge on any atom is 0.271 e. The molecule has 1 aromatic carbocycles. The van der Waals surface area contributed by atoms with Crippen molar-refractivity contribution in [2.75, 3.05) is 0 Å². The van der Waals surface area contributed by atoms with Gasteiger partial charge in [0.15, 0.2) is 17.2 Å². The second kappa shape index (κ2) is 5.91. The van der Waals surface area contributed by atoms with Crippen molar-refractivity contribution in [2.24, 2.45) is 5.10 Å². The first kappa shape index (κ1) is 14.3. The Hall–Kier alpha value is -3.09. The van der Waals surface area contributed by atoms with Gasteiger partial charge in [-0.2, -0.15) is 5.10 Å². The third kappa shape index (κ3) is 3.27. The number of hydrogen-bond donors (Lipinski definition) is 4. The zero-order valence-electron chi connectivity index (χ0n) is 11.1. The quantitative estimate of drug-likeness (QED) is 0.386. The largest absolute Gasteiger partial charge is 0.504 e. The van der Waals surface area contributed by atoms with Crippen LogP contribution in [-0.2, 0) is 0 Å². The molecule has 108 valence electrons. The van der Waals surface area contributed by atoms with Crippen LogP contribution in [0.5, 0.6) is 17.2 Å². The van der Waals surface area contributed by atoms with E-state index in [1.807, 2.05) is 0 Å². The van der Waals surface area contributed by atoms with E-state index in [4.69, 9.17) is 0 Å². The Balaban J connectivity index is 2.15. The van der Waals surface area contributed by atoms with Crippen LogP contribution in [0.4, 0.5) is 0 Å². The number of rotatable bonds is 3. The van der Waals surface area contributed by atoms with Gasteiger partial charge < -0.3 is 15.3 Å². The molecular weight excluding hydrogens is 274 g/mol. The van der Waals surface area contributed by atoms with E-state index in [0.717, 1.165) is 17.7 Å². The Labute approximate surface area is 120 Å². The van der Waals surface area contributed by atoms with Gasteiger partial charge in [-0.3, -0.25) is 9.78 Å². The summed E-state index contributed by atoms with van der Waals surface area (Å²) in [5.74, 6) is -2.49. The Bertz CT molecular complexity index is 676. The Morgan fingerprint density at radius 2 is 1.86 bits per heavy atom. The number of amides is 1. The van der Waals surface area contributed by atoms with Gasteiger partial charge in [-0.25, -0.2) is 5.43 Å². The summed E-state index contributed by atoms with van der Waals surface area (Å²) in [7, 11) is 0. The van der Waals surface area contributed by atoms with E-state index in [1.165, 1.54) is 0 Å². The summed E-state index contributed by atoms with van der Waals surface area (Å²) in [5.41, 5.74) is 3.54. The molecule has 1 amide bonds. The van der Waals surface area contributed by atoms with E-state index in [1.54, 1.807) is 31.5 Å². The SMILES string of the molecule is C/C(=N\NC(=O)c1cc(O)c(O)c(O)c1)c1cccnc1. The Kier molecular flexibility index (Phi) is 4.03. The van der Waals surface area contributed by atoms with Crippen LogP contribution >= 0.6 is 0 Å². The van der Waals surface area contributed by atoms with Gasteiger partial charge in [-0.1, -0.05) is 6.07 Å². The van der Waals surface area contributed by atoms with Gasteiger partial charge in [0.05, 0.1) is 5.71 Å². The van der Waals surface area contributed by atoms with Gasteiger partial charge in [-0.05, 0) is 25.1 Å². The van der Waals surface area contributed by atoms with Gasteiger partial charge in [0.25, 0.3) is 5.91 Å². The van der Waals surface area contributed by atoms with Crippen LogP contribution in [-0.4, -0.2) is 31.9 Å². The molecule has 0 aliphatic rings. The molecule has 1 heterocycles. The van der Waals surface area contributed by atoms with Crippen molar-refractivity contribution < 1.29 is 20.1 Å². The van der Waals surface area contributed by atoms with Gasteiger partial charge in [0.1, 0.15) is 0 Å². The molecule has 0 atom stereocenters. The smallest absolute Gasteiger partial charge is 0.271 e. The molecule has 0 bridgehead atoms. The van der Waals surface area contributed by atoms with E-state index < -0.39 is 23.2 Å². The van der Waals surface area contributed by atoms with Gasteiger partial charge >= 0.3 is 0 Å². The summed E-state index contributed by atoms with van der Waals surface area (Å²) in [6.45, 7) is 1.70. The minimum Gasteiger partial charge on any atom is -0.504 e. The minimum absolute atomic E-state index is 0.0365. The van der Waals surface area contributed by atoms with Crippen LogP contribution in [0.25, 0.3) is 0 Å². The molecule has 0 aliphatic carbocycles. The van der Waals surface area contributed by atoms with Crippen molar-refractivity contribution in [3.05, 3.63) is 47.8 Å². The van der Waals surface area contributed by atoms with E-state index in [9.17, 15) is 20.1 Å². The first-order chi connectivity index (χ1) is 9.99. The average molecular weight is 287 g/mol.